The Morgan fingerprint density at radius 3 is 2.87 bits per heavy atom. The van der Waals surface area contributed by atoms with Crippen molar-refractivity contribution in [2.45, 2.75) is 32.2 Å². The van der Waals surface area contributed by atoms with Crippen molar-refractivity contribution in [2.75, 3.05) is 50.9 Å². The number of morpholine rings is 1. The van der Waals surface area contributed by atoms with E-state index in [1.54, 1.807) is 0 Å². The van der Waals surface area contributed by atoms with Gasteiger partial charge >= 0.3 is 0 Å². The van der Waals surface area contributed by atoms with E-state index in [0.717, 1.165) is 57.9 Å². The molecule has 128 valence electrons. The molecule has 3 heterocycles. The molecule has 2 atom stereocenters. The minimum atomic E-state index is 0.292. The lowest BCUT2D eigenvalue weighted by molar-refractivity contribution is -0.00411. The number of pyridine rings is 1. The molecule has 0 spiro atoms. The van der Waals surface area contributed by atoms with E-state index < -0.39 is 0 Å². The van der Waals surface area contributed by atoms with Crippen molar-refractivity contribution >= 4 is 5.69 Å². The van der Waals surface area contributed by atoms with Gasteiger partial charge in [0.25, 0.3) is 0 Å². The zero-order chi connectivity index (χ0) is 16.1. The fourth-order valence-corrected chi connectivity index (χ4v) is 4.01. The summed E-state index contributed by atoms with van der Waals surface area (Å²) in [6, 6.07) is 4.92. The number of aliphatic hydroxyl groups excluding tert-OH is 1. The Bertz CT molecular complexity index is 491. The summed E-state index contributed by atoms with van der Waals surface area (Å²) in [5.74, 6) is 0.613. The lowest BCUT2D eigenvalue weighted by Gasteiger charge is -2.46. The Hall–Kier alpha value is -1.17. The normalized spacial score (nSPS) is 26.4. The predicted molar refractivity (Wildman–Crippen MR) is 91.8 cm³/mol. The number of ether oxygens (including phenoxy) is 1. The number of rotatable bonds is 5. The number of aromatic nitrogens is 1. The first kappa shape index (κ1) is 16.7. The van der Waals surface area contributed by atoms with Crippen LogP contribution in [0.15, 0.2) is 18.3 Å². The minimum Gasteiger partial charge on any atom is -0.396 e. The highest BCUT2D eigenvalue weighted by molar-refractivity contribution is 5.47. The SMILES string of the molecule is Cc1cc(N2CC[C@H](N3CCOCC3)[C@H](CCCO)C2)ccn1. The van der Waals surface area contributed by atoms with Gasteiger partial charge in [-0.15, -0.1) is 0 Å². The van der Waals surface area contributed by atoms with E-state index in [9.17, 15) is 5.11 Å². The quantitative estimate of drug-likeness (QED) is 0.895. The fraction of sp³-hybridized carbons (Fsp3) is 0.722. The van der Waals surface area contributed by atoms with Crippen LogP contribution >= 0.6 is 0 Å². The van der Waals surface area contributed by atoms with Crippen LogP contribution in [-0.2, 0) is 4.74 Å². The molecule has 1 aromatic heterocycles. The summed E-state index contributed by atoms with van der Waals surface area (Å²) < 4.78 is 5.51. The van der Waals surface area contributed by atoms with E-state index in [-0.39, 0.29) is 0 Å². The van der Waals surface area contributed by atoms with E-state index in [2.05, 4.69) is 26.9 Å². The molecule has 0 radical (unpaired) electrons. The zero-order valence-corrected chi connectivity index (χ0v) is 14.2. The first-order valence-electron chi connectivity index (χ1n) is 8.88. The molecule has 1 aromatic rings. The number of nitrogens with zero attached hydrogens (tertiary/aromatic N) is 3. The Kier molecular flexibility index (Phi) is 5.86. The van der Waals surface area contributed by atoms with E-state index in [1.807, 2.05) is 13.1 Å². The van der Waals surface area contributed by atoms with Crippen LogP contribution in [0.2, 0.25) is 0 Å². The Balaban J connectivity index is 1.69. The maximum absolute atomic E-state index is 9.26. The van der Waals surface area contributed by atoms with Crippen molar-refractivity contribution in [3.63, 3.8) is 0 Å². The average Bonchev–Trinajstić information content (AvgIpc) is 2.60. The van der Waals surface area contributed by atoms with Crippen molar-refractivity contribution in [1.29, 1.82) is 0 Å². The summed E-state index contributed by atoms with van der Waals surface area (Å²) in [5.41, 5.74) is 2.36. The lowest BCUT2D eigenvalue weighted by Crippen LogP contribution is -2.54. The highest BCUT2D eigenvalue weighted by Gasteiger charge is 2.33. The molecule has 5 heteroatoms. The topological polar surface area (TPSA) is 48.8 Å². The molecular weight excluding hydrogens is 290 g/mol. The molecule has 2 fully saturated rings. The van der Waals surface area contributed by atoms with E-state index in [0.29, 0.717) is 18.6 Å². The van der Waals surface area contributed by atoms with Crippen molar-refractivity contribution in [1.82, 2.24) is 9.88 Å². The largest absolute Gasteiger partial charge is 0.396 e. The summed E-state index contributed by atoms with van der Waals surface area (Å²) in [5, 5.41) is 9.26. The minimum absolute atomic E-state index is 0.292. The summed E-state index contributed by atoms with van der Waals surface area (Å²) in [4.78, 5) is 9.42. The summed E-state index contributed by atoms with van der Waals surface area (Å²) in [7, 11) is 0. The van der Waals surface area contributed by atoms with Crippen molar-refractivity contribution < 1.29 is 9.84 Å². The first-order chi connectivity index (χ1) is 11.3. The standard InChI is InChI=1S/C18H29N3O2/c1-15-13-17(4-6-19-15)21-7-5-18(16(14-21)3-2-10-22)20-8-11-23-12-9-20/h4,6,13,16,18,22H,2-3,5,7-12,14H2,1H3/t16-,18+/m1/s1. The van der Waals surface area contributed by atoms with Gasteiger partial charge in [0.15, 0.2) is 0 Å². The summed E-state index contributed by atoms with van der Waals surface area (Å²) in [6.07, 6.45) is 5.09. The second-order valence-corrected chi connectivity index (χ2v) is 6.73. The van der Waals surface area contributed by atoms with Crippen LogP contribution in [0.3, 0.4) is 0 Å². The van der Waals surface area contributed by atoms with Crippen LogP contribution in [0.5, 0.6) is 0 Å². The molecule has 23 heavy (non-hydrogen) atoms. The van der Waals surface area contributed by atoms with Crippen molar-refractivity contribution in [2.24, 2.45) is 5.92 Å². The highest BCUT2D eigenvalue weighted by atomic mass is 16.5. The molecule has 0 aliphatic carbocycles. The third-order valence-electron chi connectivity index (χ3n) is 5.19. The van der Waals surface area contributed by atoms with Gasteiger partial charge in [-0.3, -0.25) is 9.88 Å². The molecule has 0 saturated carbocycles. The molecule has 0 aromatic carbocycles. The van der Waals surface area contributed by atoms with Crippen LogP contribution < -0.4 is 4.90 Å². The van der Waals surface area contributed by atoms with Crippen LogP contribution in [0.4, 0.5) is 5.69 Å². The molecule has 2 saturated heterocycles. The molecule has 2 aliphatic heterocycles. The second-order valence-electron chi connectivity index (χ2n) is 6.73. The molecule has 0 bridgehead atoms. The van der Waals surface area contributed by atoms with E-state index in [4.69, 9.17) is 4.74 Å². The van der Waals surface area contributed by atoms with E-state index >= 15 is 0 Å². The molecule has 5 nitrogen and oxygen atoms in total. The summed E-state index contributed by atoms with van der Waals surface area (Å²) >= 11 is 0. The van der Waals surface area contributed by atoms with Crippen molar-refractivity contribution in [3.8, 4) is 0 Å². The van der Waals surface area contributed by atoms with Gasteiger partial charge in [0, 0.05) is 56.4 Å². The summed E-state index contributed by atoms with van der Waals surface area (Å²) in [6.45, 7) is 8.33. The molecule has 3 rings (SSSR count). The van der Waals surface area contributed by atoms with Crippen LogP contribution in [0.1, 0.15) is 25.0 Å². The number of aryl methyl sites for hydroxylation is 1. The van der Waals surface area contributed by atoms with Gasteiger partial charge in [0.2, 0.25) is 0 Å². The maximum atomic E-state index is 9.26. The van der Waals surface area contributed by atoms with Crippen LogP contribution in [0.25, 0.3) is 0 Å². The zero-order valence-electron chi connectivity index (χ0n) is 14.2. The smallest absolute Gasteiger partial charge is 0.0594 e. The van der Waals surface area contributed by atoms with Gasteiger partial charge in [0.1, 0.15) is 0 Å². The molecule has 1 N–H and O–H groups in total. The van der Waals surface area contributed by atoms with Crippen molar-refractivity contribution in [3.05, 3.63) is 24.0 Å². The molecule has 2 aliphatic rings. The van der Waals surface area contributed by atoms with Gasteiger partial charge < -0.3 is 14.7 Å². The third-order valence-corrected chi connectivity index (χ3v) is 5.19. The van der Waals surface area contributed by atoms with Gasteiger partial charge in [-0.2, -0.15) is 0 Å². The predicted octanol–water partition coefficient (Wildman–Crippen LogP) is 1.69. The average molecular weight is 319 g/mol. The first-order valence-corrected chi connectivity index (χ1v) is 8.88. The lowest BCUT2D eigenvalue weighted by atomic mass is 9.86. The Morgan fingerprint density at radius 1 is 1.30 bits per heavy atom. The highest BCUT2D eigenvalue weighted by Crippen LogP contribution is 2.30. The monoisotopic (exact) mass is 319 g/mol. The second kappa shape index (κ2) is 8.08. The Labute approximate surface area is 139 Å². The van der Waals surface area contributed by atoms with Gasteiger partial charge in [-0.05, 0) is 44.2 Å². The van der Waals surface area contributed by atoms with Crippen LogP contribution in [0, 0.1) is 12.8 Å². The maximum Gasteiger partial charge on any atom is 0.0594 e. The van der Waals surface area contributed by atoms with Gasteiger partial charge in [-0.1, -0.05) is 0 Å². The molecular formula is C18H29N3O2. The molecule has 0 amide bonds. The Morgan fingerprint density at radius 2 is 2.13 bits per heavy atom. The number of hydrogen-bond donors (Lipinski definition) is 1. The third kappa shape index (κ3) is 4.22. The molecule has 0 unspecified atom stereocenters. The number of hydrogen-bond acceptors (Lipinski definition) is 5. The fourth-order valence-electron chi connectivity index (χ4n) is 4.01. The number of piperidine rings is 1. The van der Waals surface area contributed by atoms with Crippen LogP contribution in [-0.4, -0.2) is 67.0 Å². The number of aliphatic hydroxyl groups is 1. The number of anilines is 1. The van der Waals surface area contributed by atoms with Gasteiger partial charge in [-0.25, -0.2) is 0 Å². The van der Waals surface area contributed by atoms with E-state index in [1.165, 1.54) is 12.1 Å². The van der Waals surface area contributed by atoms with Gasteiger partial charge in [0.05, 0.1) is 13.2 Å².